The zero-order valence-corrected chi connectivity index (χ0v) is 12.7. The lowest BCUT2D eigenvalue weighted by Crippen LogP contribution is -2.35. The maximum atomic E-state index is 10.0. The van der Waals surface area contributed by atoms with Crippen LogP contribution in [-0.2, 0) is 6.54 Å². The van der Waals surface area contributed by atoms with Crippen LogP contribution in [0.3, 0.4) is 0 Å². The number of phenolic OH excluding ortho intramolecular Hbond substituents is 1. The number of ether oxygens (including phenoxy) is 1. The van der Waals surface area contributed by atoms with E-state index in [1.54, 1.807) is 12.1 Å². The lowest BCUT2D eigenvalue weighted by atomic mass is 10.1. The SMILES string of the molecule is COc1cc(Cl)cc(CNCCN2CCCCC2)c1O. The number of hydrogen-bond acceptors (Lipinski definition) is 4. The first kappa shape index (κ1) is 15.4. The van der Waals surface area contributed by atoms with Gasteiger partial charge < -0.3 is 20.1 Å². The number of likely N-dealkylation sites (tertiary alicyclic amines) is 1. The zero-order valence-electron chi connectivity index (χ0n) is 12.0. The second-order valence-electron chi connectivity index (χ2n) is 5.19. The quantitative estimate of drug-likeness (QED) is 0.793. The van der Waals surface area contributed by atoms with Gasteiger partial charge in [-0.1, -0.05) is 18.0 Å². The molecule has 0 amide bonds. The molecule has 20 heavy (non-hydrogen) atoms. The fourth-order valence-corrected chi connectivity index (χ4v) is 2.79. The molecular formula is C15H23ClN2O2. The zero-order chi connectivity index (χ0) is 14.4. The molecule has 0 unspecified atom stereocenters. The Bertz CT molecular complexity index is 434. The molecule has 0 bridgehead atoms. The molecule has 1 aromatic carbocycles. The first-order valence-corrected chi connectivity index (χ1v) is 7.57. The van der Waals surface area contributed by atoms with Crippen LogP contribution in [0.4, 0.5) is 0 Å². The summed E-state index contributed by atoms with van der Waals surface area (Å²) in [6, 6.07) is 3.39. The van der Waals surface area contributed by atoms with E-state index in [9.17, 15) is 5.11 Å². The minimum atomic E-state index is 0.169. The molecule has 1 aromatic rings. The lowest BCUT2D eigenvalue weighted by Gasteiger charge is -2.26. The lowest BCUT2D eigenvalue weighted by molar-refractivity contribution is 0.229. The minimum absolute atomic E-state index is 0.169. The molecule has 5 heteroatoms. The van der Waals surface area contributed by atoms with Crippen molar-refractivity contribution in [2.24, 2.45) is 0 Å². The van der Waals surface area contributed by atoms with Crippen molar-refractivity contribution in [2.75, 3.05) is 33.3 Å². The highest BCUT2D eigenvalue weighted by molar-refractivity contribution is 6.30. The van der Waals surface area contributed by atoms with E-state index in [1.807, 2.05) is 0 Å². The molecule has 1 heterocycles. The van der Waals surface area contributed by atoms with E-state index in [1.165, 1.54) is 39.5 Å². The van der Waals surface area contributed by atoms with Crippen molar-refractivity contribution in [3.05, 3.63) is 22.7 Å². The van der Waals surface area contributed by atoms with Crippen molar-refractivity contribution in [3.63, 3.8) is 0 Å². The first-order valence-electron chi connectivity index (χ1n) is 7.19. The van der Waals surface area contributed by atoms with Crippen LogP contribution in [0.25, 0.3) is 0 Å². The highest BCUT2D eigenvalue weighted by Crippen LogP contribution is 2.33. The second kappa shape index (κ2) is 7.72. The van der Waals surface area contributed by atoms with E-state index in [0.29, 0.717) is 17.3 Å². The first-order chi connectivity index (χ1) is 9.70. The Morgan fingerprint density at radius 2 is 2.05 bits per heavy atom. The van der Waals surface area contributed by atoms with Crippen LogP contribution in [0, 0.1) is 0 Å². The van der Waals surface area contributed by atoms with Crippen LogP contribution < -0.4 is 10.1 Å². The van der Waals surface area contributed by atoms with Gasteiger partial charge in [-0.25, -0.2) is 0 Å². The summed E-state index contributed by atoms with van der Waals surface area (Å²) in [5.74, 6) is 0.590. The fraction of sp³-hybridized carbons (Fsp3) is 0.600. The number of methoxy groups -OCH3 is 1. The predicted molar refractivity (Wildman–Crippen MR) is 81.7 cm³/mol. The second-order valence-corrected chi connectivity index (χ2v) is 5.63. The number of nitrogens with one attached hydrogen (secondary N) is 1. The Morgan fingerprint density at radius 3 is 2.75 bits per heavy atom. The predicted octanol–water partition coefficient (Wildman–Crippen LogP) is 2.63. The van der Waals surface area contributed by atoms with Gasteiger partial charge in [0.2, 0.25) is 0 Å². The van der Waals surface area contributed by atoms with Gasteiger partial charge in [0.25, 0.3) is 0 Å². The van der Waals surface area contributed by atoms with E-state index < -0.39 is 0 Å². The van der Waals surface area contributed by atoms with Crippen LogP contribution >= 0.6 is 11.6 Å². The molecule has 2 N–H and O–H groups in total. The number of benzene rings is 1. The molecule has 0 atom stereocenters. The molecule has 0 spiro atoms. The van der Waals surface area contributed by atoms with Crippen molar-refractivity contribution in [3.8, 4) is 11.5 Å². The highest BCUT2D eigenvalue weighted by atomic mass is 35.5. The van der Waals surface area contributed by atoms with Gasteiger partial charge in [-0.2, -0.15) is 0 Å². The summed E-state index contributed by atoms with van der Waals surface area (Å²) in [5, 5.41) is 14.0. The summed E-state index contributed by atoms with van der Waals surface area (Å²) in [5.41, 5.74) is 0.771. The van der Waals surface area contributed by atoms with Gasteiger partial charge in [0, 0.05) is 36.3 Å². The monoisotopic (exact) mass is 298 g/mol. The summed E-state index contributed by atoms with van der Waals surface area (Å²) in [7, 11) is 1.53. The Labute approximate surface area is 125 Å². The molecule has 112 valence electrons. The molecule has 1 fully saturated rings. The average Bonchev–Trinajstić information content (AvgIpc) is 2.47. The van der Waals surface area contributed by atoms with Crippen molar-refractivity contribution in [1.29, 1.82) is 0 Å². The normalized spacial score (nSPS) is 16.3. The number of phenols is 1. The summed E-state index contributed by atoms with van der Waals surface area (Å²) in [4.78, 5) is 2.48. The Kier molecular flexibility index (Phi) is 5.95. The van der Waals surface area contributed by atoms with Crippen LogP contribution in [0.5, 0.6) is 11.5 Å². The van der Waals surface area contributed by atoms with Gasteiger partial charge in [0.15, 0.2) is 11.5 Å². The highest BCUT2D eigenvalue weighted by Gasteiger charge is 2.11. The van der Waals surface area contributed by atoms with Crippen molar-refractivity contribution in [1.82, 2.24) is 10.2 Å². The molecule has 1 saturated heterocycles. The van der Waals surface area contributed by atoms with Crippen LogP contribution in [-0.4, -0.2) is 43.3 Å². The molecule has 2 rings (SSSR count). The van der Waals surface area contributed by atoms with Gasteiger partial charge in [-0.05, 0) is 32.0 Å². The largest absolute Gasteiger partial charge is 0.504 e. The van der Waals surface area contributed by atoms with Gasteiger partial charge in [0.1, 0.15) is 0 Å². The van der Waals surface area contributed by atoms with E-state index in [-0.39, 0.29) is 5.75 Å². The topological polar surface area (TPSA) is 44.7 Å². The van der Waals surface area contributed by atoms with Crippen molar-refractivity contribution in [2.45, 2.75) is 25.8 Å². The third-order valence-corrected chi connectivity index (χ3v) is 3.93. The van der Waals surface area contributed by atoms with E-state index in [4.69, 9.17) is 16.3 Å². The maximum Gasteiger partial charge on any atom is 0.162 e. The summed E-state index contributed by atoms with van der Waals surface area (Å²) in [6.07, 6.45) is 3.98. The van der Waals surface area contributed by atoms with E-state index >= 15 is 0 Å². The third kappa shape index (κ3) is 4.27. The summed E-state index contributed by atoms with van der Waals surface area (Å²) in [6.45, 7) is 4.97. The third-order valence-electron chi connectivity index (χ3n) is 3.71. The number of piperidine rings is 1. The smallest absolute Gasteiger partial charge is 0.162 e. The Hall–Kier alpha value is -0.970. The van der Waals surface area contributed by atoms with Crippen LogP contribution in [0.1, 0.15) is 24.8 Å². The van der Waals surface area contributed by atoms with Gasteiger partial charge in [0.05, 0.1) is 7.11 Å². The molecule has 0 radical (unpaired) electrons. The molecule has 0 aromatic heterocycles. The molecule has 4 nitrogen and oxygen atoms in total. The molecule has 0 saturated carbocycles. The van der Waals surface area contributed by atoms with Crippen LogP contribution in [0.15, 0.2) is 12.1 Å². The number of rotatable bonds is 6. The van der Waals surface area contributed by atoms with Gasteiger partial charge in [-0.3, -0.25) is 0 Å². The van der Waals surface area contributed by atoms with Crippen LogP contribution in [0.2, 0.25) is 5.02 Å². The number of hydrogen-bond donors (Lipinski definition) is 2. The summed E-state index contributed by atoms with van der Waals surface area (Å²) >= 11 is 6.01. The number of aromatic hydroxyl groups is 1. The van der Waals surface area contributed by atoms with Gasteiger partial charge in [-0.15, -0.1) is 0 Å². The average molecular weight is 299 g/mol. The Balaban J connectivity index is 1.80. The molecular weight excluding hydrogens is 276 g/mol. The van der Waals surface area contributed by atoms with E-state index in [0.717, 1.165) is 18.7 Å². The molecule has 1 aliphatic heterocycles. The molecule has 1 aliphatic rings. The fourth-order valence-electron chi connectivity index (χ4n) is 2.56. The van der Waals surface area contributed by atoms with Gasteiger partial charge >= 0.3 is 0 Å². The standard InChI is InChI=1S/C15H23ClN2O2/c1-20-14-10-13(16)9-12(15(14)19)11-17-5-8-18-6-3-2-4-7-18/h9-10,17,19H,2-8,11H2,1H3. The Morgan fingerprint density at radius 1 is 1.30 bits per heavy atom. The van der Waals surface area contributed by atoms with Crippen molar-refractivity contribution < 1.29 is 9.84 Å². The van der Waals surface area contributed by atoms with E-state index in [2.05, 4.69) is 10.2 Å². The number of nitrogens with zero attached hydrogens (tertiary/aromatic N) is 1. The number of halogens is 1. The summed E-state index contributed by atoms with van der Waals surface area (Å²) < 4.78 is 5.10. The molecule has 0 aliphatic carbocycles. The minimum Gasteiger partial charge on any atom is -0.504 e. The van der Waals surface area contributed by atoms with Crippen molar-refractivity contribution >= 4 is 11.6 Å². The maximum absolute atomic E-state index is 10.0.